The zero-order chi connectivity index (χ0) is 25.0. The van der Waals surface area contributed by atoms with Gasteiger partial charge in [-0.1, -0.05) is 36.4 Å². The number of methoxy groups -OCH3 is 2. The van der Waals surface area contributed by atoms with Gasteiger partial charge in [0.15, 0.2) is 11.5 Å². The van der Waals surface area contributed by atoms with Crippen molar-refractivity contribution in [2.24, 2.45) is 0 Å². The Morgan fingerprint density at radius 3 is 2.49 bits per heavy atom. The number of benzene rings is 2. The van der Waals surface area contributed by atoms with Crippen LogP contribution in [0.2, 0.25) is 0 Å². The van der Waals surface area contributed by atoms with E-state index in [-0.39, 0.29) is 0 Å². The van der Waals surface area contributed by atoms with E-state index in [2.05, 4.69) is 4.98 Å². The fourth-order valence-electron chi connectivity index (χ4n) is 3.89. The molecule has 0 aliphatic carbocycles. The van der Waals surface area contributed by atoms with Crippen molar-refractivity contribution in [3.8, 4) is 11.5 Å². The zero-order valence-corrected chi connectivity index (χ0v) is 20.7. The van der Waals surface area contributed by atoms with E-state index < -0.39 is 11.7 Å². The van der Waals surface area contributed by atoms with Crippen LogP contribution in [0.1, 0.15) is 32.0 Å². The molecule has 2 aromatic carbocycles. The molecular formula is C28H30N2O5. The first-order valence-electron chi connectivity index (χ1n) is 11.4. The lowest BCUT2D eigenvalue weighted by atomic mass is 10.1. The van der Waals surface area contributed by atoms with E-state index in [1.54, 1.807) is 25.0 Å². The molecule has 35 heavy (non-hydrogen) atoms. The second kappa shape index (κ2) is 10.2. The number of aromatic nitrogens is 2. The summed E-state index contributed by atoms with van der Waals surface area (Å²) >= 11 is 0. The highest BCUT2D eigenvalue weighted by atomic mass is 16.6. The van der Waals surface area contributed by atoms with E-state index in [0.29, 0.717) is 41.4 Å². The third-order valence-electron chi connectivity index (χ3n) is 5.34. The van der Waals surface area contributed by atoms with Gasteiger partial charge in [0.2, 0.25) is 0 Å². The summed E-state index contributed by atoms with van der Waals surface area (Å²) in [6.07, 6.45) is 4.97. The highest BCUT2D eigenvalue weighted by Crippen LogP contribution is 2.39. The third-order valence-corrected chi connectivity index (χ3v) is 5.34. The second-order valence-corrected chi connectivity index (χ2v) is 9.06. The van der Waals surface area contributed by atoms with Gasteiger partial charge < -0.3 is 18.9 Å². The van der Waals surface area contributed by atoms with Crippen LogP contribution in [0.4, 0.5) is 4.79 Å². The second-order valence-electron chi connectivity index (χ2n) is 9.06. The molecule has 0 saturated carbocycles. The van der Waals surface area contributed by atoms with E-state index in [0.717, 1.165) is 16.3 Å². The Hall–Kier alpha value is -3.84. The number of pyridine rings is 1. The number of hydrogen-bond donors (Lipinski definition) is 0. The molecule has 4 rings (SSSR count). The fourth-order valence-corrected chi connectivity index (χ4v) is 3.89. The molecule has 7 heteroatoms. The first-order chi connectivity index (χ1) is 16.8. The van der Waals surface area contributed by atoms with Gasteiger partial charge in [-0.25, -0.2) is 9.36 Å². The predicted molar refractivity (Wildman–Crippen MR) is 137 cm³/mol. The van der Waals surface area contributed by atoms with Gasteiger partial charge in [0.05, 0.1) is 30.4 Å². The molecule has 7 nitrogen and oxygen atoms in total. The number of rotatable bonds is 7. The third kappa shape index (κ3) is 5.30. The van der Waals surface area contributed by atoms with E-state index in [4.69, 9.17) is 18.9 Å². The van der Waals surface area contributed by atoms with Crippen LogP contribution in [-0.4, -0.2) is 42.1 Å². The molecular weight excluding hydrogens is 444 g/mol. The SMILES string of the molecule is COC/C=C/c1nccc2c1c1cc(OC)c(OCc3ccccc3)cc1n2C(=O)OC(C)(C)C. The van der Waals surface area contributed by atoms with E-state index >= 15 is 0 Å². The van der Waals surface area contributed by atoms with Crippen molar-refractivity contribution in [1.29, 1.82) is 0 Å². The number of ether oxygens (including phenoxy) is 4. The highest BCUT2D eigenvalue weighted by molar-refractivity contribution is 6.15. The van der Waals surface area contributed by atoms with Crippen molar-refractivity contribution in [2.75, 3.05) is 20.8 Å². The van der Waals surface area contributed by atoms with Crippen molar-refractivity contribution in [2.45, 2.75) is 33.0 Å². The summed E-state index contributed by atoms with van der Waals surface area (Å²) in [5, 5.41) is 1.62. The van der Waals surface area contributed by atoms with Crippen molar-refractivity contribution in [1.82, 2.24) is 9.55 Å². The smallest absolute Gasteiger partial charge is 0.419 e. The Morgan fingerprint density at radius 1 is 1.03 bits per heavy atom. The normalized spacial score (nSPS) is 11.9. The van der Waals surface area contributed by atoms with Crippen LogP contribution < -0.4 is 9.47 Å². The highest BCUT2D eigenvalue weighted by Gasteiger charge is 2.25. The summed E-state index contributed by atoms with van der Waals surface area (Å²) in [6.45, 7) is 6.34. The molecule has 0 fully saturated rings. The molecule has 0 bridgehead atoms. The number of nitrogens with zero attached hydrogens (tertiary/aromatic N) is 2. The minimum Gasteiger partial charge on any atom is -0.493 e. The Kier molecular flexibility index (Phi) is 7.07. The lowest BCUT2D eigenvalue weighted by Gasteiger charge is -2.20. The minimum absolute atomic E-state index is 0.363. The molecule has 0 radical (unpaired) electrons. The molecule has 4 aromatic rings. The van der Waals surface area contributed by atoms with Gasteiger partial charge in [-0.3, -0.25) is 4.98 Å². The maximum Gasteiger partial charge on any atom is 0.419 e. The van der Waals surface area contributed by atoms with E-state index in [1.165, 1.54) is 0 Å². The average Bonchev–Trinajstić information content (AvgIpc) is 3.16. The standard InChI is InChI=1S/C28H30N2O5/c1-28(2,3)35-27(31)30-22-13-14-29-21(12-9-15-32-4)26(22)20-16-24(33-5)25(17-23(20)30)34-18-19-10-7-6-8-11-19/h6-14,16-17H,15,18H2,1-5H3/b12-9+. The van der Waals surface area contributed by atoms with Gasteiger partial charge in [0.1, 0.15) is 12.2 Å². The fraction of sp³-hybridized carbons (Fsp3) is 0.286. The molecule has 0 aliphatic rings. The van der Waals surface area contributed by atoms with Crippen LogP contribution in [0.15, 0.2) is 60.8 Å². The summed E-state index contributed by atoms with van der Waals surface area (Å²) in [6, 6.07) is 15.4. The summed E-state index contributed by atoms with van der Waals surface area (Å²) in [4.78, 5) is 17.9. The van der Waals surface area contributed by atoms with Gasteiger partial charge in [-0.05, 0) is 44.5 Å². The maximum atomic E-state index is 13.4. The molecule has 0 atom stereocenters. The zero-order valence-electron chi connectivity index (χ0n) is 20.7. The Bertz CT molecular complexity index is 1370. The van der Waals surface area contributed by atoms with Crippen molar-refractivity contribution < 1.29 is 23.7 Å². The number of carbonyl (C=O) groups excluding carboxylic acids is 1. The molecule has 0 spiro atoms. The molecule has 2 heterocycles. The van der Waals surface area contributed by atoms with Crippen molar-refractivity contribution in [3.05, 3.63) is 72.1 Å². The van der Waals surface area contributed by atoms with Crippen molar-refractivity contribution >= 4 is 34.0 Å². The van der Waals surface area contributed by atoms with Crippen LogP contribution in [0.3, 0.4) is 0 Å². The van der Waals surface area contributed by atoms with Crippen molar-refractivity contribution in [3.63, 3.8) is 0 Å². The van der Waals surface area contributed by atoms with Gasteiger partial charge in [-0.15, -0.1) is 0 Å². The quantitative estimate of drug-likeness (QED) is 0.317. The molecule has 0 amide bonds. The van der Waals surface area contributed by atoms with Crippen LogP contribution in [0, 0.1) is 0 Å². The molecule has 0 unspecified atom stereocenters. The Labute approximate surface area is 204 Å². The van der Waals surface area contributed by atoms with Crippen LogP contribution >= 0.6 is 0 Å². The van der Waals surface area contributed by atoms with Gasteiger partial charge in [0, 0.05) is 30.1 Å². The molecule has 0 saturated heterocycles. The number of hydrogen-bond acceptors (Lipinski definition) is 6. The van der Waals surface area contributed by atoms with E-state index in [9.17, 15) is 4.79 Å². The van der Waals surface area contributed by atoms with Crippen LogP contribution in [0.5, 0.6) is 11.5 Å². The molecule has 182 valence electrons. The number of fused-ring (bicyclic) bond motifs is 3. The minimum atomic E-state index is -0.659. The summed E-state index contributed by atoms with van der Waals surface area (Å²) in [5.41, 5.74) is 2.41. The summed E-state index contributed by atoms with van der Waals surface area (Å²) < 4.78 is 24.3. The Morgan fingerprint density at radius 2 is 1.80 bits per heavy atom. The van der Waals surface area contributed by atoms with Gasteiger partial charge in [-0.2, -0.15) is 0 Å². The van der Waals surface area contributed by atoms with Gasteiger partial charge >= 0.3 is 6.09 Å². The first-order valence-corrected chi connectivity index (χ1v) is 11.4. The van der Waals surface area contributed by atoms with Crippen LogP contribution in [0.25, 0.3) is 27.9 Å². The molecule has 0 aliphatic heterocycles. The van der Waals surface area contributed by atoms with E-state index in [1.807, 2.05) is 81.5 Å². The number of carbonyl (C=O) groups is 1. The Balaban J connectivity index is 1.92. The predicted octanol–water partition coefficient (Wildman–Crippen LogP) is 6.22. The molecule has 2 aromatic heterocycles. The summed E-state index contributed by atoms with van der Waals surface area (Å²) in [7, 11) is 3.23. The topological polar surface area (TPSA) is 71.8 Å². The lowest BCUT2D eigenvalue weighted by molar-refractivity contribution is 0.0551. The largest absolute Gasteiger partial charge is 0.493 e. The van der Waals surface area contributed by atoms with Crippen LogP contribution in [-0.2, 0) is 16.1 Å². The lowest BCUT2D eigenvalue weighted by Crippen LogP contribution is -2.27. The average molecular weight is 475 g/mol. The monoisotopic (exact) mass is 474 g/mol. The van der Waals surface area contributed by atoms with Gasteiger partial charge in [0.25, 0.3) is 0 Å². The molecule has 0 N–H and O–H groups in total. The summed E-state index contributed by atoms with van der Waals surface area (Å²) in [5.74, 6) is 1.09. The maximum absolute atomic E-state index is 13.4. The first kappa shape index (κ1) is 24.3.